The van der Waals surface area contributed by atoms with Gasteiger partial charge in [-0.15, -0.1) is 0 Å². The number of nitrogens with one attached hydrogen (secondary N) is 3. The van der Waals surface area contributed by atoms with Gasteiger partial charge in [0.15, 0.2) is 0 Å². The Labute approximate surface area is 128 Å². The summed E-state index contributed by atoms with van der Waals surface area (Å²) < 4.78 is 5.10. The fraction of sp³-hybridized carbons (Fsp3) is 0.429. The molecule has 1 aromatic carbocycles. The van der Waals surface area contributed by atoms with Crippen molar-refractivity contribution in [2.24, 2.45) is 10.9 Å². The van der Waals surface area contributed by atoms with Gasteiger partial charge >= 0.3 is 6.03 Å². The van der Waals surface area contributed by atoms with Crippen LogP contribution in [0.5, 0.6) is 5.75 Å². The van der Waals surface area contributed by atoms with E-state index in [1.54, 1.807) is 26.3 Å². The summed E-state index contributed by atoms with van der Waals surface area (Å²) in [6.45, 7) is 0.705. The number of guanidine groups is 1. The van der Waals surface area contributed by atoms with Gasteiger partial charge < -0.3 is 15.4 Å². The summed E-state index contributed by atoms with van der Waals surface area (Å²) in [5.41, 5.74) is 0.728. The van der Waals surface area contributed by atoms with E-state index in [4.69, 9.17) is 16.3 Å². The Bertz CT molecular complexity index is 544. The predicted molar refractivity (Wildman–Crippen MR) is 84.2 cm³/mol. The highest BCUT2D eigenvalue weighted by atomic mass is 35.5. The maximum Gasteiger partial charge on any atom is 0.321 e. The predicted octanol–water partition coefficient (Wildman–Crippen LogP) is 2.46. The maximum absolute atomic E-state index is 11.5. The topological polar surface area (TPSA) is 74.8 Å². The molecule has 7 heteroatoms. The van der Waals surface area contributed by atoms with E-state index in [-0.39, 0.29) is 6.03 Å². The molecule has 0 aromatic heterocycles. The molecule has 1 aliphatic rings. The fourth-order valence-corrected chi connectivity index (χ4v) is 1.94. The number of methoxy groups -OCH3 is 1. The number of aliphatic imine (C=N–C) groups is 1. The van der Waals surface area contributed by atoms with E-state index in [1.165, 1.54) is 12.8 Å². The standard InChI is InChI=1S/C14H19ClN4O2/c1-16-14(20)19-13(17-8-9-3-4-9)18-10-5-6-12(21-2)11(15)7-10/h5-7,9H,3-4,8H2,1-2H3,(H3,16,17,18,19,20). The lowest BCUT2D eigenvalue weighted by atomic mass is 10.3. The minimum absolute atomic E-state index is 0.323. The minimum Gasteiger partial charge on any atom is -0.495 e. The molecule has 1 fully saturated rings. The quantitative estimate of drug-likeness (QED) is 0.591. The SMILES string of the molecule is CNC(=O)NC(=NCC1CC1)Nc1ccc(OC)c(Cl)c1. The molecule has 1 saturated carbocycles. The molecule has 6 nitrogen and oxygen atoms in total. The number of urea groups is 1. The number of carbonyl (C=O) groups is 1. The second-order valence-corrected chi connectivity index (χ2v) is 5.22. The second kappa shape index (κ2) is 7.17. The first-order chi connectivity index (χ1) is 10.1. The van der Waals surface area contributed by atoms with E-state index in [1.807, 2.05) is 6.07 Å². The molecule has 0 atom stereocenters. The highest BCUT2D eigenvalue weighted by Gasteiger charge is 2.21. The summed E-state index contributed by atoms with van der Waals surface area (Å²) in [7, 11) is 3.11. The number of carbonyl (C=O) groups excluding carboxylic acids is 1. The Hall–Kier alpha value is -1.95. The van der Waals surface area contributed by atoms with E-state index in [2.05, 4.69) is 20.9 Å². The van der Waals surface area contributed by atoms with Gasteiger partial charge in [-0.25, -0.2) is 4.79 Å². The van der Waals surface area contributed by atoms with E-state index in [0.717, 1.165) is 5.69 Å². The Morgan fingerprint density at radius 3 is 2.81 bits per heavy atom. The number of anilines is 1. The Kier molecular flexibility index (Phi) is 5.27. The molecular formula is C14H19ClN4O2. The van der Waals surface area contributed by atoms with Crippen molar-refractivity contribution in [2.45, 2.75) is 12.8 Å². The zero-order chi connectivity index (χ0) is 15.2. The number of hydrogen-bond acceptors (Lipinski definition) is 3. The molecule has 114 valence electrons. The van der Waals surface area contributed by atoms with Crippen LogP contribution in [0.2, 0.25) is 5.02 Å². The van der Waals surface area contributed by atoms with Crippen LogP contribution < -0.4 is 20.7 Å². The third-order valence-electron chi connectivity index (χ3n) is 3.08. The fourth-order valence-electron chi connectivity index (χ4n) is 1.68. The van der Waals surface area contributed by atoms with Gasteiger partial charge in [0.05, 0.1) is 12.1 Å². The Balaban J connectivity index is 2.07. The van der Waals surface area contributed by atoms with Crippen molar-refractivity contribution in [3.8, 4) is 5.75 Å². The monoisotopic (exact) mass is 310 g/mol. The lowest BCUT2D eigenvalue weighted by Gasteiger charge is -2.12. The Morgan fingerprint density at radius 1 is 1.48 bits per heavy atom. The Morgan fingerprint density at radius 2 is 2.24 bits per heavy atom. The molecule has 1 aliphatic carbocycles. The summed E-state index contributed by atoms with van der Waals surface area (Å²) >= 11 is 6.08. The summed E-state index contributed by atoms with van der Waals surface area (Å²) in [6.07, 6.45) is 2.40. The van der Waals surface area contributed by atoms with Crippen LogP contribution >= 0.6 is 11.6 Å². The van der Waals surface area contributed by atoms with Gasteiger partial charge in [0.2, 0.25) is 5.96 Å². The van der Waals surface area contributed by atoms with Gasteiger partial charge in [-0.3, -0.25) is 10.3 Å². The molecule has 21 heavy (non-hydrogen) atoms. The number of halogens is 1. The highest BCUT2D eigenvalue weighted by molar-refractivity contribution is 6.32. The number of rotatable bonds is 4. The van der Waals surface area contributed by atoms with Crippen molar-refractivity contribution in [3.63, 3.8) is 0 Å². The molecule has 0 saturated heterocycles. The minimum atomic E-state index is -0.323. The van der Waals surface area contributed by atoms with Crippen LogP contribution in [0.4, 0.5) is 10.5 Å². The molecule has 1 aromatic rings. The zero-order valence-corrected chi connectivity index (χ0v) is 12.8. The average Bonchev–Trinajstić information content (AvgIpc) is 3.29. The molecule has 3 N–H and O–H groups in total. The molecule has 0 unspecified atom stereocenters. The van der Waals surface area contributed by atoms with Crippen LogP contribution in [-0.2, 0) is 0 Å². The molecule has 0 heterocycles. The van der Waals surface area contributed by atoms with Gasteiger partial charge in [-0.1, -0.05) is 11.6 Å². The van der Waals surface area contributed by atoms with E-state index >= 15 is 0 Å². The number of hydrogen-bond donors (Lipinski definition) is 3. The van der Waals surface area contributed by atoms with E-state index in [9.17, 15) is 4.79 Å². The largest absolute Gasteiger partial charge is 0.495 e. The molecule has 0 bridgehead atoms. The van der Waals surface area contributed by atoms with Crippen molar-refractivity contribution in [1.29, 1.82) is 0 Å². The lowest BCUT2D eigenvalue weighted by molar-refractivity contribution is 0.247. The van der Waals surface area contributed by atoms with E-state index in [0.29, 0.717) is 29.2 Å². The van der Waals surface area contributed by atoms with Crippen LogP contribution in [-0.4, -0.2) is 32.7 Å². The third kappa shape index (κ3) is 4.82. The van der Waals surface area contributed by atoms with Crippen LogP contribution in [0.15, 0.2) is 23.2 Å². The van der Waals surface area contributed by atoms with Crippen molar-refractivity contribution >= 4 is 29.3 Å². The first kappa shape index (κ1) is 15.4. The maximum atomic E-state index is 11.5. The summed E-state index contributed by atoms with van der Waals surface area (Å²) in [4.78, 5) is 15.9. The normalized spacial score (nSPS) is 14.5. The summed E-state index contributed by atoms with van der Waals surface area (Å²) in [6, 6.07) is 4.96. The van der Waals surface area contributed by atoms with Gasteiger partial charge in [-0.2, -0.15) is 0 Å². The number of benzene rings is 1. The van der Waals surface area contributed by atoms with Crippen LogP contribution in [0.25, 0.3) is 0 Å². The molecule has 0 spiro atoms. The zero-order valence-electron chi connectivity index (χ0n) is 12.1. The third-order valence-corrected chi connectivity index (χ3v) is 3.37. The smallest absolute Gasteiger partial charge is 0.321 e. The van der Waals surface area contributed by atoms with Crippen molar-refractivity contribution < 1.29 is 9.53 Å². The van der Waals surface area contributed by atoms with Gasteiger partial charge in [-0.05, 0) is 37.0 Å². The first-order valence-electron chi connectivity index (χ1n) is 6.76. The van der Waals surface area contributed by atoms with Crippen LogP contribution in [0, 0.1) is 5.92 Å². The van der Waals surface area contributed by atoms with Gasteiger partial charge in [0, 0.05) is 19.3 Å². The summed E-state index contributed by atoms with van der Waals surface area (Å²) in [5, 5.41) is 8.71. The molecule has 2 amide bonds. The van der Waals surface area contributed by atoms with Crippen LogP contribution in [0.3, 0.4) is 0 Å². The lowest BCUT2D eigenvalue weighted by Crippen LogP contribution is -2.41. The van der Waals surface area contributed by atoms with E-state index < -0.39 is 0 Å². The number of amides is 2. The molecular weight excluding hydrogens is 292 g/mol. The number of nitrogens with zero attached hydrogens (tertiary/aromatic N) is 1. The van der Waals surface area contributed by atoms with Crippen molar-refractivity contribution in [3.05, 3.63) is 23.2 Å². The second-order valence-electron chi connectivity index (χ2n) is 4.81. The molecule has 0 radical (unpaired) electrons. The molecule has 2 rings (SSSR count). The highest BCUT2D eigenvalue weighted by Crippen LogP contribution is 2.29. The average molecular weight is 311 g/mol. The molecule has 0 aliphatic heterocycles. The van der Waals surface area contributed by atoms with Crippen molar-refractivity contribution in [1.82, 2.24) is 10.6 Å². The van der Waals surface area contributed by atoms with Crippen LogP contribution in [0.1, 0.15) is 12.8 Å². The van der Waals surface area contributed by atoms with Gasteiger partial charge in [0.1, 0.15) is 5.75 Å². The summed E-state index contributed by atoms with van der Waals surface area (Å²) in [5.74, 6) is 1.63. The van der Waals surface area contributed by atoms with Crippen molar-refractivity contribution in [2.75, 3.05) is 26.0 Å². The van der Waals surface area contributed by atoms with Gasteiger partial charge in [0.25, 0.3) is 0 Å². The number of ether oxygens (including phenoxy) is 1. The first-order valence-corrected chi connectivity index (χ1v) is 7.14.